The molecule has 1 fully saturated rings. The van der Waals surface area contributed by atoms with Crippen LogP contribution in [0.3, 0.4) is 0 Å². The molecule has 0 amide bonds. The van der Waals surface area contributed by atoms with Gasteiger partial charge >= 0.3 is 11.1 Å². The van der Waals surface area contributed by atoms with Crippen molar-refractivity contribution >= 4 is 0 Å². The van der Waals surface area contributed by atoms with Crippen molar-refractivity contribution in [1.29, 1.82) is 0 Å². The van der Waals surface area contributed by atoms with Gasteiger partial charge in [-0.2, -0.15) is 0 Å². The normalized spacial score (nSPS) is 15.4. The summed E-state index contributed by atoms with van der Waals surface area (Å²) in [5, 5.41) is 0. The van der Waals surface area contributed by atoms with Crippen LogP contribution in [0.4, 0.5) is 0 Å². The number of rotatable bonds is 3. The lowest BCUT2D eigenvalue weighted by molar-refractivity contribution is 0.444. The molecule has 1 aliphatic rings. The van der Waals surface area contributed by atoms with Gasteiger partial charge in [0.05, 0.1) is 5.69 Å². The van der Waals surface area contributed by atoms with Gasteiger partial charge in [0, 0.05) is 18.9 Å². The van der Waals surface area contributed by atoms with Crippen LogP contribution in [-0.2, 0) is 6.54 Å². The molecule has 0 radical (unpaired) electrons. The van der Waals surface area contributed by atoms with Gasteiger partial charge in [0.1, 0.15) is 0 Å². The van der Waals surface area contributed by atoms with Gasteiger partial charge in [-0.1, -0.05) is 30.5 Å². The van der Waals surface area contributed by atoms with Gasteiger partial charge in [-0.05, 0) is 44.2 Å². The fourth-order valence-electron chi connectivity index (χ4n) is 3.39. The molecule has 0 saturated heterocycles. The second-order valence-electron chi connectivity index (χ2n) is 6.37. The van der Waals surface area contributed by atoms with E-state index in [2.05, 4.69) is 0 Å². The zero-order valence-corrected chi connectivity index (χ0v) is 13.2. The third-order valence-corrected chi connectivity index (χ3v) is 4.60. The number of nitrogens with zero attached hydrogens (tertiary/aromatic N) is 2. The number of aromatic nitrogens is 2. The molecule has 22 heavy (non-hydrogen) atoms. The van der Waals surface area contributed by atoms with E-state index in [0.29, 0.717) is 12.5 Å². The van der Waals surface area contributed by atoms with Crippen molar-refractivity contribution in [1.82, 2.24) is 9.13 Å². The Morgan fingerprint density at radius 3 is 2.45 bits per heavy atom. The van der Waals surface area contributed by atoms with Crippen LogP contribution in [0, 0.1) is 19.8 Å². The number of hydrogen-bond acceptors (Lipinski definition) is 2. The Morgan fingerprint density at radius 2 is 1.77 bits per heavy atom. The largest absolute Gasteiger partial charge is 0.320 e. The summed E-state index contributed by atoms with van der Waals surface area (Å²) in [5.41, 5.74) is 2.03. The molecule has 1 saturated carbocycles. The molecule has 116 valence electrons. The predicted octanol–water partition coefficient (Wildman–Crippen LogP) is 2.81. The molecule has 0 spiro atoms. The first-order valence-corrected chi connectivity index (χ1v) is 7.96. The van der Waals surface area contributed by atoms with Crippen LogP contribution in [0.25, 0.3) is 5.69 Å². The Balaban J connectivity index is 1.99. The Morgan fingerprint density at radius 1 is 1.05 bits per heavy atom. The van der Waals surface area contributed by atoms with Gasteiger partial charge < -0.3 is 4.57 Å². The minimum Gasteiger partial charge on any atom is -0.309 e. The van der Waals surface area contributed by atoms with Crippen molar-refractivity contribution in [3.05, 3.63) is 62.4 Å². The van der Waals surface area contributed by atoms with Crippen molar-refractivity contribution in [3.8, 4) is 5.69 Å². The molecule has 0 bridgehead atoms. The van der Waals surface area contributed by atoms with E-state index in [-0.39, 0.29) is 0 Å². The monoisotopic (exact) mass is 298 g/mol. The summed E-state index contributed by atoms with van der Waals surface area (Å²) >= 11 is 0. The average Bonchev–Trinajstić information content (AvgIpc) is 2.98. The van der Waals surface area contributed by atoms with E-state index in [9.17, 15) is 9.59 Å². The van der Waals surface area contributed by atoms with E-state index in [1.807, 2.05) is 32.0 Å². The summed E-state index contributed by atoms with van der Waals surface area (Å²) in [6, 6.07) is 5.87. The summed E-state index contributed by atoms with van der Waals surface area (Å²) < 4.78 is 3.04. The number of aryl methyl sites for hydroxylation is 2. The molecule has 0 aliphatic heterocycles. The van der Waals surface area contributed by atoms with E-state index >= 15 is 0 Å². The molecule has 1 heterocycles. The summed E-state index contributed by atoms with van der Waals surface area (Å²) in [6.07, 6.45) is 8.26. The lowest BCUT2D eigenvalue weighted by atomic mass is 10.1. The van der Waals surface area contributed by atoms with E-state index in [0.717, 1.165) is 29.7 Å². The van der Waals surface area contributed by atoms with Crippen LogP contribution in [0.15, 0.2) is 40.2 Å². The van der Waals surface area contributed by atoms with Gasteiger partial charge in [0.2, 0.25) is 0 Å². The fraction of sp³-hybridized carbons (Fsp3) is 0.444. The average molecular weight is 298 g/mol. The van der Waals surface area contributed by atoms with Gasteiger partial charge in [0.15, 0.2) is 0 Å². The van der Waals surface area contributed by atoms with Gasteiger partial charge in [-0.25, -0.2) is 0 Å². The van der Waals surface area contributed by atoms with Crippen molar-refractivity contribution in [3.63, 3.8) is 0 Å². The minimum atomic E-state index is -0.465. The van der Waals surface area contributed by atoms with E-state index in [1.54, 1.807) is 17.0 Å². The van der Waals surface area contributed by atoms with Crippen LogP contribution < -0.4 is 11.1 Å². The highest BCUT2D eigenvalue weighted by Gasteiger charge is 2.17. The third kappa shape index (κ3) is 2.78. The van der Waals surface area contributed by atoms with Gasteiger partial charge in [-0.3, -0.25) is 14.2 Å². The van der Waals surface area contributed by atoms with Crippen LogP contribution >= 0.6 is 0 Å². The minimum absolute atomic E-state index is 0.422. The second-order valence-corrected chi connectivity index (χ2v) is 6.37. The van der Waals surface area contributed by atoms with Crippen LogP contribution in [0.5, 0.6) is 0 Å². The van der Waals surface area contributed by atoms with Gasteiger partial charge in [0.25, 0.3) is 0 Å². The maximum absolute atomic E-state index is 12.4. The standard InChI is InChI=1S/C18H22N2O2/c1-13-7-8-16(14(2)11-13)20-10-9-19(17(21)18(20)22)12-15-5-3-4-6-15/h7-11,15H,3-6,12H2,1-2H3. The second kappa shape index (κ2) is 5.95. The van der Waals surface area contributed by atoms with Crippen molar-refractivity contribution in [2.45, 2.75) is 46.1 Å². The Labute approximate surface area is 130 Å². The fourth-order valence-corrected chi connectivity index (χ4v) is 3.39. The highest BCUT2D eigenvalue weighted by molar-refractivity contribution is 5.42. The molecule has 1 aliphatic carbocycles. The summed E-state index contributed by atoms with van der Waals surface area (Å²) in [4.78, 5) is 24.8. The first-order chi connectivity index (χ1) is 10.6. The van der Waals surface area contributed by atoms with E-state index < -0.39 is 11.1 Å². The summed E-state index contributed by atoms with van der Waals surface area (Å²) in [7, 11) is 0. The first-order valence-electron chi connectivity index (χ1n) is 7.96. The van der Waals surface area contributed by atoms with Gasteiger partial charge in [-0.15, -0.1) is 0 Å². The molecule has 0 atom stereocenters. The Kier molecular flexibility index (Phi) is 4.01. The quantitative estimate of drug-likeness (QED) is 0.818. The zero-order valence-electron chi connectivity index (χ0n) is 13.2. The first kappa shape index (κ1) is 14.8. The number of benzene rings is 1. The lowest BCUT2D eigenvalue weighted by Gasteiger charge is -2.14. The maximum atomic E-state index is 12.4. The van der Waals surface area contributed by atoms with Crippen LogP contribution in [0.2, 0.25) is 0 Å². The smallest absolute Gasteiger partial charge is 0.309 e. The maximum Gasteiger partial charge on any atom is 0.320 e. The zero-order chi connectivity index (χ0) is 15.7. The highest BCUT2D eigenvalue weighted by atomic mass is 16.2. The molecule has 2 aromatic rings. The van der Waals surface area contributed by atoms with E-state index in [4.69, 9.17) is 0 Å². The molecular weight excluding hydrogens is 276 g/mol. The Hall–Kier alpha value is -2.10. The van der Waals surface area contributed by atoms with Crippen molar-refractivity contribution < 1.29 is 0 Å². The lowest BCUT2D eigenvalue weighted by Crippen LogP contribution is -2.40. The van der Waals surface area contributed by atoms with Crippen molar-refractivity contribution in [2.24, 2.45) is 5.92 Å². The SMILES string of the molecule is Cc1ccc(-n2ccn(CC3CCCC3)c(=O)c2=O)c(C)c1. The Bertz CT molecular complexity index is 795. The van der Waals surface area contributed by atoms with E-state index in [1.165, 1.54) is 17.4 Å². The predicted molar refractivity (Wildman–Crippen MR) is 87.7 cm³/mol. The topological polar surface area (TPSA) is 44.0 Å². The summed E-state index contributed by atoms with van der Waals surface area (Å²) in [6.45, 7) is 4.64. The molecule has 4 heteroatoms. The van der Waals surface area contributed by atoms with Crippen molar-refractivity contribution in [2.75, 3.05) is 0 Å². The molecule has 0 unspecified atom stereocenters. The summed E-state index contributed by atoms with van der Waals surface area (Å²) in [5.74, 6) is 0.536. The highest BCUT2D eigenvalue weighted by Crippen LogP contribution is 2.25. The molecule has 3 rings (SSSR count). The van der Waals surface area contributed by atoms with Crippen LogP contribution in [0.1, 0.15) is 36.8 Å². The van der Waals surface area contributed by atoms with Crippen LogP contribution in [-0.4, -0.2) is 9.13 Å². The third-order valence-electron chi connectivity index (χ3n) is 4.60. The molecule has 4 nitrogen and oxygen atoms in total. The molecule has 1 aromatic heterocycles. The molecular formula is C18H22N2O2. The number of hydrogen-bond donors (Lipinski definition) is 0. The molecule has 0 N–H and O–H groups in total. The molecule has 1 aromatic carbocycles.